The number of carbonyl (C=O) groups excluding carboxylic acids is 1. The Kier molecular flexibility index (Phi) is 4.40. The minimum atomic E-state index is -0.293. The SMILES string of the molecule is CC(C)C(C)NC(=O)c1cc(-c2ccc(F)cc2)nn1C. The summed E-state index contributed by atoms with van der Waals surface area (Å²) in [5.41, 5.74) is 1.92. The molecular formula is C16H20FN3O. The molecule has 0 saturated carbocycles. The first-order valence-electron chi connectivity index (χ1n) is 6.99. The van der Waals surface area contributed by atoms with Gasteiger partial charge >= 0.3 is 0 Å². The lowest BCUT2D eigenvalue weighted by Crippen LogP contribution is -2.37. The fraction of sp³-hybridized carbons (Fsp3) is 0.375. The molecule has 1 amide bonds. The van der Waals surface area contributed by atoms with E-state index < -0.39 is 0 Å². The van der Waals surface area contributed by atoms with Gasteiger partial charge in [-0.25, -0.2) is 4.39 Å². The number of aromatic nitrogens is 2. The number of amides is 1. The zero-order chi connectivity index (χ0) is 15.6. The number of aryl methyl sites for hydroxylation is 1. The molecule has 0 aliphatic heterocycles. The average Bonchev–Trinajstić information content (AvgIpc) is 2.81. The van der Waals surface area contributed by atoms with Gasteiger partial charge in [0.05, 0.1) is 5.69 Å². The van der Waals surface area contributed by atoms with Crippen LogP contribution in [0.5, 0.6) is 0 Å². The van der Waals surface area contributed by atoms with Crippen molar-refractivity contribution in [1.82, 2.24) is 15.1 Å². The maximum Gasteiger partial charge on any atom is 0.269 e. The molecule has 1 aromatic heterocycles. The van der Waals surface area contributed by atoms with Crippen molar-refractivity contribution in [2.24, 2.45) is 13.0 Å². The Labute approximate surface area is 124 Å². The fourth-order valence-electron chi connectivity index (χ4n) is 1.89. The zero-order valence-corrected chi connectivity index (χ0v) is 12.7. The van der Waals surface area contributed by atoms with Crippen molar-refractivity contribution in [3.63, 3.8) is 0 Å². The standard InChI is InChI=1S/C16H20FN3O/c1-10(2)11(3)18-16(21)15-9-14(19-20(15)4)12-5-7-13(17)8-6-12/h5-11H,1-4H3,(H,18,21). The molecule has 1 unspecified atom stereocenters. The van der Waals surface area contributed by atoms with Crippen LogP contribution < -0.4 is 5.32 Å². The van der Waals surface area contributed by atoms with Gasteiger partial charge in [-0.1, -0.05) is 13.8 Å². The monoisotopic (exact) mass is 289 g/mol. The molecule has 112 valence electrons. The van der Waals surface area contributed by atoms with Crippen molar-refractivity contribution in [2.75, 3.05) is 0 Å². The third kappa shape index (κ3) is 3.48. The van der Waals surface area contributed by atoms with Crippen LogP contribution in [-0.2, 0) is 7.05 Å². The molecule has 1 aromatic carbocycles. The first kappa shape index (κ1) is 15.2. The van der Waals surface area contributed by atoms with Crippen LogP contribution in [0.4, 0.5) is 4.39 Å². The van der Waals surface area contributed by atoms with E-state index in [1.807, 2.05) is 6.92 Å². The first-order chi connectivity index (χ1) is 9.88. The lowest BCUT2D eigenvalue weighted by atomic mass is 10.1. The summed E-state index contributed by atoms with van der Waals surface area (Å²) < 4.78 is 14.5. The molecule has 5 heteroatoms. The van der Waals surface area contributed by atoms with E-state index in [2.05, 4.69) is 24.3 Å². The van der Waals surface area contributed by atoms with Crippen molar-refractivity contribution in [1.29, 1.82) is 0 Å². The normalized spacial score (nSPS) is 12.5. The Morgan fingerprint density at radius 3 is 2.43 bits per heavy atom. The second-order valence-electron chi connectivity index (χ2n) is 5.55. The van der Waals surface area contributed by atoms with E-state index in [-0.39, 0.29) is 17.8 Å². The Balaban J connectivity index is 2.23. The van der Waals surface area contributed by atoms with Gasteiger partial charge in [0.1, 0.15) is 11.5 Å². The Bertz CT molecular complexity index is 631. The number of carbonyl (C=O) groups is 1. The van der Waals surface area contributed by atoms with Gasteiger partial charge in [0.2, 0.25) is 0 Å². The third-order valence-corrected chi connectivity index (χ3v) is 3.61. The number of benzene rings is 1. The van der Waals surface area contributed by atoms with E-state index >= 15 is 0 Å². The van der Waals surface area contributed by atoms with Gasteiger partial charge in [-0.05, 0) is 43.2 Å². The molecular weight excluding hydrogens is 269 g/mol. The lowest BCUT2D eigenvalue weighted by Gasteiger charge is -2.17. The number of halogens is 1. The molecule has 0 aliphatic rings. The maximum absolute atomic E-state index is 12.9. The van der Waals surface area contributed by atoms with Gasteiger partial charge in [-0.3, -0.25) is 9.48 Å². The molecule has 21 heavy (non-hydrogen) atoms. The molecule has 2 rings (SSSR count). The van der Waals surface area contributed by atoms with Crippen LogP contribution >= 0.6 is 0 Å². The predicted octanol–water partition coefficient (Wildman–Crippen LogP) is 3.00. The van der Waals surface area contributed by atoms with E-state index in [1.165, 1.54) is 12.1 Å². The summed E-state index contributed by atoms with van der Waals surface area (Å²) in [5.74, 6) is -0.0864. The lowest BCUT2D eigenvalue weighted by molar-refractivity contribution is 0.0921. The van der Waals surface area contributed by atoms with Crippen LogP contribution in [0.25, 0.3) is 11.3 Å². The second-order valence-corrected chi connectivity index (χ2v) is 5.55. The molecule has 2 aromatic rings. The quantitative estimate of drug-likeness (QED) is 0.940. The van der Waals surface area contributed by atoms with Gasteiger partial charge in [-0.15, -0.1) is 0 Å². The van der Waals surface area contributed by atoms with E-state index in [1.54, 1.807) is 29.9 Å². The van der Waals surface area contributed by atoms with Crippen molar-refractivity contribution in [3.8, 4) is 11.3 Å². The van der Waals surface area contributed by atoms with Crippen molar-refractivity contribution < 1.29 is 9.18 Å². The van der Waals surface area contributed by atoms with Crippen molar-refractivity contribution in [2.45, 2.75) is 26.8 Å². The van der Waals surface area contributed by atoms with Crippen molar-refractivity contribution >= 4 is 5.91 Å². The molecule has 0 aliphatic carbocycles. The van der Waals surface area contributed by atoms with Crippen LogP contribution in [0.1, 0.15) is 31.3 Å². The van der Waals surface area contributed by atoms with E-state index in [4.69, 9.17) is 0 Å². The molecule has 0 spiro atoms. The summed E-state index contributed by atoms with van der Waals surface area (Å²) in [6.45, 7) is 6.08. The van der Waals surface area contributed by atoms with E-state index in [9.17, 15) is 9.18 Å². The maximum atomic E-state index is 12.9. The smallest absolute Gasteiger partial charge is 0.269 e. The molecule has 0 bridgehead atoms. The van der Waals surface area contributed by atoms with Gasteiger partial charge in [0.15, 0.2) is 0 Å². The first-order valence-corrected chi connectivity index (χ1v) is 6.99. The average molecular weight is 289 g/mol. The highest BCUT2D eigenvalue weighted by atomic mass is 19.1. The molecule has 1 heterocycles. The number of rotatable bonds is 4. The topological polar surface area (TPSA) is 46.9 Å². The summed E-state index contributed by atoms with van der Waals surface area (Å²) in [6.07, 6.45) is 0. The van der Waals surface area contributed by atoms with Crippen LogP contribution in [-0.4, -0.2) is 21.7 Å². The summed E-state index contributed by atoms with van der Waals surface area (Å²) >= 11 is 0. The number of hydrogen-bond acceptors (Lipinski definition) is 2. The van der Waals surface area contributed by atoms with E-state index in [0.29, 0.717) is 17.3 Å². The second kappa shape index (κ2) is 6.08. The van der Waals surface area contributed by atoms with Crippen LogP contribution in [0.15, 0.2) is 30.3 Å². The minimum Gasteiger partial charge on any atom is -0.348 e. The highest BCUT2D eigenvalue weighted by Gasteiger charge is 2.17. The molecule has 0 saturated heterocycles. The molecule has 1 N–H and O–H groups in total. The van der Waals surface area contributed by atoms with Crippen molar-refractivity contribution in [3.05, 3.63) is 41.8 Å². The van der Waals surface area contributed by atoms with Gasteiger partial charge in [-0.2, -0.15) is 5.10 Å². The Hall–Kier alpha value is -2.17. The number of nitrogens with one attached hydrogen (secondary N) is 1. The largest absolute Gasteiger partial charge is 0.348 e. The molecule has 4 nitrogen and oxygen atoms in total. The highest BCUT2D eigenvalue weighted by molar-refractivity contribution is 5.93. The van der Waals surface area contributed by atoms with Gasteiger partial charge in [0, 0.05) is 18.7 Å². The van der Waals surface area contributed by atoms with Crippen LogP contribution in [0.3, 0.4) is 0 Å². The Morgan fingerprint density at radius 1 is 1.24 bits per heavy atom. The third-order valence-electron chi connectivity index (χ3n) is 3.61. The summed E-state index contributed by atoms with van der Waals surface area (Å²) in [5, 5.41) is 7.27. The molecule has 1 atom stereocenters. The number of hydrogen-bond donors (Lipinski definition) is 1. The number of nitrogens with zero attached hydrogens (tertiary/aromatic N) is 2. The summed E-state index contributed by atoms with van der Waals surface area (Å²) in [6, 6.07) is 7.86. The molecule has 0 radical (unpaired) electrons. The highest BCUT2D eigenvalue weighted by Crippen LogP contribution is 2.19. The zero-order valence-electron chi connectivity index (χ0n) is 12.7. The van der Waals surface area contributed by atoms with Gasteiger partial charge in [0.25, 0.3) is 5.91 Å². The summed E-state index contributed by atoms with van der Waals surface area (Å²) in [4.78, 5) is 12.2. The summed E-state index contributed by atoms with van der Waals surface area (Å²) in [7, 11) is 1.72. The fourth-order valence-corrected chi connectivity index (χ4v) is 1.89. The van der Waals surface area contributed by atoms with Crippen LogP contribution in [0, 0.1) is 11.7 Å². The van der Waals surface area contributed by atoms with E-state index in [0.717, 1.165) is 5.56 Å². The molecule has 0 fully saturated rings. The minimum absolute atomic E-state index is 0.0849. The van der Waals surface area contributed by atoms with Crippen LogP contribution in [0.2, 0.25) is 0 Å². The predicted molar refractivity (Wildman–Crippen MR) is 80.4 cm³/mol. The Morgan fingerprint density at radius 2 is 1.86 bits per heavy atom. The van der Waals surface area contributed by atoms with Gasteiger partial charge < -0.3 is 5.32 Å².